The van der Waals surface area contributed by atoms with Crippen LogP contribution >= 0.6 is 23.7 Å². The Labute approximate surface area is 163 Å². The third-order valence-corrected chi connectivity index (χ3v) is 5.23. The van der Waals surface area contributed by atoms with Gasteiger partial charge in [0.1, 0.15) is 11.0 Å². The molecule has 2 aromatic rings. The summed E-state index contributed by atoms with van der Waals surface area (Å²) in [5, 5.41) is 8.57. The molecular formula is C18H23ClN4O2S. The number of carbonyl (C=O) groups excluding carboxylic acids is 2. The van der Waals surface area contributed by atoms with E-state index in [-0.39, 0.29) is 30.3 Å². The number of anilines is 1. The minimum absolute atomic E-state index is 0. The lowest BCUT2D eigenvalue weighted by Crippen LogP contribution is -2.52. The Morgan fingerprint density at radius 1 is 1.42 bits per heavy atom. The number of rotatable bonds is 5. The Kier molecular flexibility index (Phi) is 7.14. The molecule has 0 saturated carbocycles. The number of likely N-dealkylation sites (N-methyl/N-ethyl adjacent to an activating group) is 1. The van der Waals surface area contributed by atoms with Crippen LogP contribution in [0.4, 0.5) is 5.69 Å². The molecule has 0 saturated heterocycles. The molecule has 2 atom stereocenters. The van der Waals surface area contributed by atoms with Gasteiger partial charge in [0.05, 0.1) is 12.6 Å². The highest BCUT2D eigenvalue weighted by Crippen LogP contribution is 2.28. The van der Waals surface area contributed by atoms with Gasteiger partial charge < -0.3 is 15.5 Å². The topological polar surface area (TPSA) is 74.3 Å². The fourth-order valence-electron chi connectivity index (χ4n) is 2.91. The quantitative estimate of drug-likeness (QED) is 0.814. The highest BCUT2D eigenvalue weighted by atomic mass is 35.5. The second kappa shape index (κ2) is 9.12. The molecule has 0 radical (unpaired) electrons. The van der Waals surface area contributed by atoms with Crippen LogP contribution < -0.4 is 15.5 Å². The third-order valence-electron chi connectivity index (χ3n) is 4.47. The summed E-state index contributed by atoms with van der Waals surface area (Å²) in [6.45, 7) is 2.19. The van der Waals surface area contributed by atoms with Crippen molar-refractivity contribution in [1.82, 2.24) is 15.6 Å². The summed E-state index contributed by atoms with van der Waals surface area (Å²) in [7, 11) is 1.73. The average molecular weight is 395 g/mol. The van der Waals surface area contributed by atoms with E-state index < -0.39 is 6.04 Å². The van der Waals surface area contributed by atoms with Gasteiger partial charge in [0, 0.05) is 17.3 Å². The number of hydrogen-bond acceptors (Lipinski definition) is 5. The number of thiazole rings is 1. The van der Waals surface area contributed by atoms with Crippen LogP contribution in [0.15, 0.2) is 35.8 Å². The zero-order valence-electron chi connectivity index (χ0n) is 14.8. The largest absolute Gasteiger partial charge is 0.343 e. The maximum Gasteiger partial charge on any atom is 0.249 e. The second-order valence-electron chi connectivity index (χ2n) is 6.09. The predicted molar refractivity (Wildman–Crippen MR) is 106 cm³/mol. The molecule has 0 aliphatic carbocycles. The Bertz CT molecular complexity index is 753. The molecule has 1 aromatic heterocycles. The molecule has 2 amide bonds. The highest BCUT2D eigenvalue weighted by Gasteiger charge is 2.32. The Morgan fingerprint density at radius 3 is 2.88 bits per heavy atom. The molecule has 0 fully saturated rings. The lowest BCUT2D eigenvalue weighted by Gasteiger charge is -2.26. The molecule has 1 aliphatic heterocycles. The Balaban J connectivity index is 0.00000243. The summed E-state index contributed by atoms with van der Waals surface area (Å²) in [5.41, 5.74) is 2.02. The van der Waals surface area contributed by atoms with Crippen molar-refractivity contribution < 1.29 is 9.59 Å². The van der Waals surface area contributed by atoms with E-state index >= 15 is 0 Å². The number of fused-ring (bicyclic) bond motifs is 1. The van der Waals surface area contributed by atoms with Gasteiger partial charge in [-0.2, -0.15) is 0 Å². The van der Waals surface area contributed by atoms with Crippen molar-refractivity contribution in [2.24, 2.45) is 0 Å². The maximum absolute atomic E-state index is 13.1. The monoisotopic (exact) mass is 394 g/mol. The van der Waals surface area contributed by atoms with E-state index in [0.29, 0.717) is 13.0 Å². The van der Waals surface area contributed by atoms with Crippen molar-refractivity contribution in [3.63, 3.8) is 0 Å². The van der Waals surface area contributed by atoms with E-state index in [0.717, 1.165) is 22.7 Å². The highest BCUT2D eigenvalue weighted by molar-refractivity contribution is 7.09. The Morgan fingerprint density at radius 2 is 2.19 bits per heavy atom. The van der Waals surface area contributed by atoms with Gasteiger partial charge in [-0.25, -0.2) is 4.98 Å². The average Bonchev–Trinajstić information content (AvgIpc) is 3.11. The molecule has 6 nitrogen and oxygen atoms in total. The van der Waals surface area contributed by atoms with Gasteiger partial charge in [0.2, 0.25) is 11.8 Å². The normalized spacial score (nSPS) is 17.7. The van der Waals surface area contributed by atoms with Crippen LogP contribution in [-0.2, 0) is 22.6 Å². The van der Waals surface area contributed by atoms with Crippen molar-refractivity contribution >= 4 is 41.2 Å². The summed E-state index contributed by atoms with van der Waals surface area (Å²) in [4.78, 5) is 31.4. The molecule has 140 valence electrons. The van der Waals surface area contributed by atoms with Crippen LogP contribution in [0.5, 0.6) is 0 Å². The summed E-state index contributed by atoms with van der Waals surface area (Å²) in [5.74, 6) is -0.252. The number of nitrogens with zero attached hydrogens (tertiary/aromatic N) is 2. The molecule has 8 heteroatoms. The summed E-state index contributed by atoms with van der Waals surface area (Å²) in [6, 6.07) is 7.04. The molecule has 1 aliphatic rings. The molecule has 0 spiro atoms. The molecule has 2 N–H and O–H groups in total. The minimum atomic E-state index is -0.532. The van der Waals surface area contributed by atoms with Crippen molar-refractivity contribution in [3.05, 3.63) is 46.4 Å². The maximum atomic E-state index is 13.1. The molecule has 3 rings (SSSR count). The molecule has 1 aromatic carbocycles. The minimum Gasteiger partial charge on any atom is -0.343 e. The first-order valence-corrected chi connectivity index (χ1v) is 9.23. The van der Waals surface area contributed by atoms with Gasteiger partial charge in [0.15, 0.2) is 0 Å². The van der Waals surface area contributed by atoms with E-state index in [1.165, 1.54) is 11.3 Å². The van der Waals surface area contributed by atoms with Crippen LogP contribution in [0, 0.1) is 0 Å². The van der Waals surface area contributed by atoms with Crippen molar-refractivity contribution in [2.75, 3.05) is 11.9 Å². The van der Waals surface area contributed by atoms with E-state index in [1.54, 1.807) is 25.1 Å². The van der Waals surface area contributed by atoms with Crippen LogP contribution in [0.3, 0.4) is 0 Å². The number of aryl methyl sites for hydroxylation is 1. The van der Waals surface area contributed by atoms with Gasteiger partial charge in [-0.05, 0) is 38.4 Å². The van der Waals surface area contributed by atoms with Crippen LogP contribution in [0.25, 0.3) is 0 Å². The van der Waals surface area contributed by atoms with Crippen LogP contribution in [-0.4, -0.2) is 35.9 Å². The number of para-hydroxylation sites is 1. The fourth-order valence-corrected chi connectivity index (χ4v) is 3.51. The van der Waals surface area contributed by atoms with Crippen molar-refractivity contribution in [3.8, 4) is 0 Å². The van der Waals surface area contributed by atoms with Gasteiger partial charge in [0.25, 0.3) is 0 Å². The number of amides is 2. The van der Waals surface area contributed by atoms with Crippen LogP contribution in [0.1, 0.15) is 23.9 Å². The molecule has 0 bridgehead atoms. The first-order chi connectivity index (χ1) is 12.1. The van der Waals surface area contributed by atoms with E-state index in [1.807, 2.05) is 29.6 Å². The SMILES string of the molecule is CNC(C)C(=O)NC1CCc2ccccc2N(Cc2nccs2)C1=O.Cl. The first kappa shape index (κ1) is 20.4. The van der Waals surface area contributed by atoms with Gasteiger partial charge >= 0.3 is 0 Å². The fraction of sp³-hybridized carbons (Fsp3) is 0.389. The molecule has 26 heavy (non-hydrogen) atoms. The standard InChI is InChI=1S/C18H22N4O2S.ClH/c1-12(19-2)17(23)21-14-8-7-13-5-3-4-6-15(13)22(18(14)24)11-16-20-9-10-25-16;/h3-6,9-10,12,14,19H,7-8,11H2,1-2H3,(H,21,23);1H. The van der Waals surface area contributed by atoms with Crippen LogP contribution in [0.2, 0.25) is 0 Å². The summed E-state index contributed by atoms with van der Waals surface area (Å²) >= 11 is 1.52. The van der Waals surface area contributed by atoms with Gasteiger partial charge in [-0.15, -0.1) is 23.7 Å². The zero-order valence-corrected chi connectivity index (χ0v) is 16.4. The predicted octanol–water partition coefficient (Wildman–Crippen LogP) is 2.14. The zero-order chi connectivity index (χ0) is 17.8. The van der Waals surface area contributed by atoms with Gasteiger partial charge in [-0.1, -0.05) is 18.2 Å². The number of hydrogen-bond donors (Lipinski definition) is 2. The first-order valence-electron chi connectivity index (χ1n) is 8.35. The lowest BCUT2D eigenvalue weighted by molar-refractivity contribution is -0.128. The lowest BCUT2D eigenvalue weighted by atomic mass is 10.1. The summed E-state index contributed by atoms with van der Waals surface area (Å²) in [6.07, 6.45) is 3.07. The van der Waals surface area contributed by atoms with Crippen molar-refractivity contribution in [2.45, 2.75) is 38.4 Å². The third kappa shape index (κ3) is 4.41. The number of carbonyl (C=O) groups is 2. The van der Waals surface area contributed by atoms with Crippen molar-refractivity contribution in [1.29, 1.82) is 0 Å². The van der Waals surface area contributed by atoms with E-state index in [4.69, 9.17) is 0 Å². The van der Waals surface area contributed by atoms with E-state index in [9.17, 15) is 9.59 Å². The summed E-state index contributed by atoms with van der Waals surface area (Å²) < 4.78 is 0. The number of aromatic nitrogens is 1. The molecule has 2 heterocycles. The molecule has 2 unspecified atom stereocenters. The second-order valence-corrected chi connectivity index (χ2v) is 7.07. The number of nitrogens with one attached hydrogen (secondary N) is 2. The smallest absolute Gasteiger partial charge is 0.249 e. The number of benzene rings is 1. The Hall–Kier alpha value is -1.96. The number of halogens is 1. The van der Waals surface area contributed by atoms with Gasteiger partial charge in [-0.3, -0.25) is 9.59 Å². The molecular weight excluding hydrogens is 372 g/mol. The van der Waals surface area contributed by atoms with E-state index in [2.05, 4.69) is 15.6 Å².